The number of amides is 1. The molecule has 35 heavy (non-hydrogen) atoms. The molecule has 6 nitrogen and oxygen atoms in total. The topological polar surface area (TPSA) is 88.5 Å². The first-order valence-corrected chi connectivity index (χ1v) is 11.5. The normalized spacial score (nSPS) is 15.5. The number of nitrogens with one attached hydrogen (secondary N) is 1. The molecule has 1 amide bonds. The van der Waals surface area contributed by atoms with Crippen LogP contribution in [0, 0.1) is 5.95 Å². The number of aromatic hydroxyl groups is 1. The molecule has 0 fully saturated rings. The van der Waals surface area contributed by atoms with Crippen LogP contribution in [0.5, 0.6) is 5.75 Å². The molecule has 1 unspecified atom stereocenters. The number of pyridine rings is 1. The van der Waals surface area contributed by atoms with Crippen LogP contribution in [0.15, 0.2) is 78.1 Å². The molecule has 1 heterocycles. The molecule has 1 aliphatic carbocycles. The van der Waals surface area contributed by atoms with E-state index in [1.807, 2.05) is 36.4 Å². The maximum atomic E-state index is 14.2. The summed E-state index contributed by atoms with van der Waals surface area (Å²) in [6.45, 7) is 0. The number of aromatic nitrogens is 1. The summed E-state index contributed by atoms with van der Waals surface area (Å²) in [6.07, 6.45) is 3.52. The van der Waals surface area contributed by atoms with Gasteiger partial charge < -0.3 is 15.2 Å². The number of rotatable bonds is 7. The summed E-state index contributed by atoms with van der Waals surface area (Å²) in [5, 5.41) is 12.3. The van der Waals surface area contributed by atoms with E-state index in [9.17, 15) is 19.1 Å². The summed E-state index contributed by atoms with van der Waals surface area (Å²) in [5.41, 5.74) is 4.42. The number of nitrogens with zero attached hydrogens (tertiary/aromatic N) is 1. The van der Waals surface area contributed by atoms with Gasteiger partial charge in [0.15, 0.2) is 0 Å². The molecule has 4 rings (SSSR count). The zero-order chi connectivity index (χ0) is 24.8. The van der Waals surface area contributed by atoms with Crippen molar-refractivity contribution >= 4 is 11.9 Å². The average molecular weight is 475 g/mol. The molecule has 0 saturated carbocycles. The Morgan fingerprint density at radius 2 is 1.77 bits per heavy atom. The standard InChI is InChI=1S/C28H27FN2O4/c1-35-28(34)24-17-21(23-3-2-16-30-27(23)29)11-14-25(24)31-26(33)15-6-18-4-7-19(8-5-18)20-9-12-22(32)13-10-20/h2-5,7-10,12-13,16,21,32H,6,11,14-15,17H2,1H3,(H,31,33). The molecule has 0 spiro atoms. The van der Waals surface area contributed by atoms with E-state index in [-0.39, 0.29) is 30.4 Å². The number of esters is 1. The summed E-state index contributed by atoms with van der Waals surface area (Å²) in [7, 11) is 1.30. The van der Waals surface area contributed by atoms with E-state index in [0.29, 0.717) is 36.1 Å². The van der Waals surface area contributed by atoms with E-state index in [1.54, 1.807) is 24.3 Å². The maximum Gasteiger partial charge on any atom is 0.335 e. The zero-order valence-corrected chi connectivity index (χ0v) is 19.5. The number of aryl methyl sites for hydroxylation is 1. The van der Waals surface area contributed by atoms with E-state index in [2.05, 4.69) is 10.3 Å². The van der Waals surface area contributed by atoms with Crippen LogP contribution in [0.25, 0.3) is 11.1 Å². The van der Waals surface area contributed by atoms with E-state index in [1.165, 1.54) is 13.3 Å². The lowest BCUT2D eigenvalue weighted by Crippen LogP contribution is -2.29. The number of ether oxygens (including phenoxy) is 1. The highest BCUT2D eigenvalue weighted by atomic mass is 19.1. The van der Waals surface area contributed by atoms with Crippen LogP contribution in [0.2, 0.25) is 0 Å². The third kappa shape index (κ3) is 5.93. The molecule has 2 N–H and O–H groups in total. The molecular formula is C28H27FN2O4. The molecule has 1 atom stereocenters. The van der Waals surface area contributed by atoms with Gasteiger partial charge in [-0.1, -0.05) is 42.5 Å². The Labute approximate surface area is 203 Å². The largest absolute Gasteiger partial charge is 0.508 e. The van der Waals surface area contributed by atoms with Crippen molar-refractivity contribution < 1.29 is 23.8 Å². The SMILES string of the molecule is COC(=O)C1=C(NC(=O)CCc2ccc(-c3ccc(O)cc3)cc2)CCC(c2cccnc2F)C1. The van der Waals surface area contributed by atoms with Gasteiger partial charge in [0.25, 0.3) is 0 Å². The lowest BCUT2D eigenvalue weighted by atomic mass is 9.82. The maximum absolute atomic E-state index is 14.2. The second kappa shape index (κ2) is 11.0. The van der Waals surface area contributed by atoms with Crippen molar-refractivity contribution in [2.75, 3.05) is 7.11 Å². The fraction of sp³-hybridized carbons (Fsp3) is 0.250. The third-order valence-electron chi connectivity index (χ3n) is 6.30. The zero-order valence-electron chi connectivity index (χ0n) is 19.5. The first kappa shape index (κ1) is 24.1. The van der Waals surface area contributed by atoms with E-state index < -0.39 is 11.9 Å². The quantitative estimate of drug-likeness (QED) is 0.370. The van der Waals surface area contributed by atoms with Crippen molar-refractivity contribution in [3.8, 4) is 16.9 Å². The number of methoxy groups -OCH3 is 1. The molecule has 180 valence electrons. The van der Waals surface area contributed by atoms with Crippen LogP contribution >= 0.6 is 0 Å². The summed E-state index contributed by atoms with van der Waals surface area (Å²) >= 11 is 0. The minimum absolute atomic E-state index is 0.185. The Hall–Kier alpha value is -4.00. The Morgan fingerprint density at radius 1 is 1.09 bits per heavy atom. The molecule has 0 aliphatic heterocycles. The van der Waals surface area contributed by atoms with Crippen molar-refractivity contribution in [3.63, 3.8) is 0 Å². The number of benzene rings is 2. The first-order valence-electron chi connectivity index (χ1n) is 11.5. The first-order chi connectivity index (χ1) is 16.9. The van der Waals surface area contributed by atoms with Gasteiger partial charge in [-0.3, -0.25) is 4.79 Å². The Balaban J connectivity index is 1.39. The predicted molar refractivity (Wildman–Crippen MR) is 130 cm³/mol. The number of halogens is 1. The molecule has 1 aliphatic rings. The van der Waals surface area contributed by atoms with Gasteiger partial charge in [0.1, 0.15) is 5.75 Å². The molecule has 0 radical (unpaired) electrons. The average Bonchev–Trinajstić information content (AvgIpc) is 2.88. The van der Waals surface area contributed by atoms with Crippen LogP contribution in [0.1, 0.15) is 42.7 Å². The van der Waals surface area contributed by atoms with Crippen molar-refractivity contribution in [1.82, 2.24) is 10.3 Å². The van der Waals surface area contributed by atoms with E-state index >= 15 is 0 Å². The number of hydrogen-bond donors (Lipinski definition) is 2. The van der Waals surface area contributed by atoms with E-state index in [4.69, 9.17) is 4.74 Å². The molecule has 3 aromatic rings. The van der Waals surface area contributed by atoms with Gasteiger partial charge in [-0.15, -0.1) is 0 Å². The highest BCUT2D eigenvalue weighted by Crippen LogP contribution is 2.36. The van der Waals surface area contributed by atoms with Crippen molar-refractivity contribution in [3.05, 3.63) is 95.2 Å². The minimum Gasteiger partial charge on any atom is -0.508 e. The van der Waals surface area contributed by atoms with Crippen LogP contribution in [0.3, 0.4) is 0 Å². The number of hydrogen-bond acceptors (Lipinski definition) is 5. The summed E-state index contributed by atoms with van der Waals surface area (Å²) in [6, 6.07) is 18.3. The molecule has 1 aromatic heterocycles. The van der Waals surface area contributed by atoms with Gasteiger partial charge in [-0.2, -0.15) is 4.39 Å². The number of phenolic OH excluding ortho intramolecular Hbond substituents is 1. The van der Waals surface area contributed by atoms with E-state index in [0.717, 1.165) is 16.7 Å². The number of carbonyl (C=O) groups excluding carboxylic acids is 2. The van der Waals surface area contributed by atoms with Gasteiger partial charge >= 0.3 is 5.97 Å². The molecule has 2 aromatic carbocycles. The lowest BCUT2D eigenvalue weighted by Gasteiger charge is -2.26. The predicted octanol–water partition coefficient (Wildman–Crippen LogP) is 5.04. The van der Waals surface area contributed by atoms with Crippen molar-refractivity contribution in [2.45, 2.75) is 38.0 Å². The van der Waals surface area contributed by atoms with Crippen LogP contribution in [-0.4, -0.2) is 29.1 Å². The minimum atomic E-state index is -0.536. The van der Waals surface area contributed by atoms with Crippen LogP contribution in [0.4, 0.5) is 4.39 Å². The highest BCUT2D eigenvalue weighted by Gasteiger charge is 2.29. The van der Waals surface area contributed by atoms with Gasteiger partial charge in [-0.05, 0) is 66.5 Å². The second-order valence-electron chi connectivity index (χ2n) is 8.56. The van der Waals surface area contributed by atoms with Gasteiger partial charge in [0, 0.05) is 23.9 Å². The molecule has 0 bridgehead atoms. The summed E-state index contributed by atoms with van der Waals surface area (Å²) in [4.78, 5) is 28.8. The number of phenols is 1. The molecule has 7 heteroatoms. The number of allylic oxidation sites excluding steroid dienone is 1. The van der Waals surface area contributed by atoms with Crippen LogP contribution < -0.4 is 5.32 Å². The Kier molecular flexibility index (Phi) is 7.55. The second-order valence-corrected chi connectivity index (χ2v) is 8.56. The van der Waals surface area contributed by atoms with Crippen LogP contribution in [-0.2, 0) is 20.7 Å². The van der Waals surface area contributed by atoms with Gasteiger partial charge in [0.2, 0.25) is 11.9 Å². The van der Waals surface area contributed by atoms with Crippen molar-refractivity contribution in [1.29, 1.82) is 0 Å². The fourth-order valence-corrected chi connectivity index (χ4v) is 4.38. The molecule has 0 saturated heterocycles. The van der Waals surface area contributed by atoms with Crippen molar-refractivity contribution in [2.24, 2.45) is 0 Å². The third-order valence-corrected chi connectivity index (χ3v) is 6.30. The van der Waals surface area contributed by atoms with Gasteiger partial charge in [-0.25, -0.2) is 9.78 Å². The Bertz CT molecular complexity index is 1240. The smallest absolute Gasteiger partial charge is 0.335 e. The number of carbonyl (C=O) groups is 2. The fourth-order valence-electron chi connectivity index (χ4n) is 4.38. The highest BCUT2D eigenvalue weighted by molar-refractivity contribution is 5.91. The summed E-state index contributed by atoms with van der Waals surface area (Å²) in [5.74, 6) is -1.22. The monoisotopic (exact) mass is 474 g/mol. The molecular weight excluding hydrogens is 447 g/mol. The Morgan fingerprint density at radius 3 is 2.43 bits per heavy atom. The lowest BCUT2D eigenvalue weighted by molar-refractivity contribution is -0.136. The summed E-state index contributed by atoms with van der Waals surface area (Å²) < 4.78 is 19.1. The van der Waals surface area contributed by atoms with Gasteiger partial charge in [0.05, 0.1) is 12.7 Å².